The maximum absolute atomic E-state index is 5.99. The molecule has 0 aliphatic carbocycles. The van der Waals surface area contributed by atoms with Gasteiger partial charge in [0.15, 0.2) is 5.82 Å². The third kappa shape index (κ3) is 3.07. The highest BCUT2D eigenvalue weighted by atomic mass is 15.2. The number of para-hydroxylation sites is 1. The number of aromatic amines is 1. The highest BCUT2D eigenvalue weighted by Gasteiger charge is 2.15. The smallest absolute Gasteiger partial charge is 0.167 e. The van der Waals surface area contributed by atoms with Crippen molar-refractivity contribution in [3.8, 4) is 0 Å². The van der Waals surface area contributed by atoms with Crippen LogP contribution in [0.3, 0.4) is 0 Å². The molecule has 1 atom stereocenters. The fraction of sp³-hybridized carbons (Fsp3) is 0.385. The molecule has 18 heavy (non-hydrogen) atoms. The summed E-state index contributed by atoms with van der Waals surface area (Å²) in [7, 11) is 0. The van der Waals surface area contributed by atoms with Crippen LogP contribution in [0.1, 0.15) is 31.5 Å². The molecule has 0 unspecified atom stereocenters. The van der Waals surface area contributed by atoms with E-state index in [1.807, 2.05) is 30.3 Å². The van der Waals surface area contributed by atoms with E-state index in [9.17, 15) is 0 Å². The average Bonchev–Trinajstić information content (AvgIpc) is 2.85. The molecule has 0 aliphatic heterocycles. The Morgan fingerprint density at radius 3 is 2.67 bits per heavy atom. The molecule has 0 radical (unpaired) electrons. The summed E-state index contributed by atoms with van der Waals surface area (Å²) in [6.45, 7) is 4.73. The van der Waals surface area contributed by atoms with Crippen LogP contribution in [0.2, 0.25) is 0 Å². The predicted molar refractivity (Wildman–Crippen MR) is 71.9 cm³/mol. The van der Waals surface area contributed by atoms with Crippen LogP contribution in [0.25, 0.3) is 0 Å². The normalized spacial score (nSPS) is 12.7. The molecule has 0 bridgehead atoms. The van der Waals surface area contributed by atoms with Crippen molar-refractivity contribution in [1.82, 2.24) is 15.2 Å². The van der Waals surface area contributed by atoms with Gasteiger partial charge in [-0.1, -0.05) is 32.0 Å². The van der Waals surface area contributed by atoms with E-state index in [2.05, 4.69) is 34.3 Å². The van der Waals surface area contributed by atoms with Gasteiger partial charge in [-0.15, -0.1) is 0 Å². The molecule has 1 aromatic heterocycles. The van der Waals surface area contributed by atoms with Crippen LogP contribution in [0, 0.1) is 5.92 Å². The molecule has 0 fully saturated rings. The summed E-state index contributed by atoms with van der Waals surface area (Å²) in [5.74, 6) is 1.80. The number of nitrogens with two attached hydrogens (primary N) is 1. The minimum Gasteiger partial charge on any atom is -0.378 e. The minimum atomic E-state index is -0.119. The van der Waals surface area contributed by atoms with Crippen LogP contribution in [0.15, 0.2) is 30.3 Å². The Labute approximate surface area is 107 Å². The summed E-state index contributed by atoms with van der Waals surface area (Å²) < 4.78 is 0. The van der Waals surface area contributed by atoms with E-state index in [0.29, 0.717) is 18.3 Å². The van der Waals surface area contributed by atoms with Crippen LogP contribution in [-0.2, 0) is 6.54 Å². The van der Waals surface area contributed by atoms with E-state index in [1.165, 1.54) is 0 Å². The number of nitrogens with zero attached hydrogens (tertiary/aromatic N) is 2. The number of hydrogen-bond donors (Lipinski definition) is 3. The van der Waals surface area contributed by atoms with E-state index in [1.54, 1.807) is 0 Å². The lowest BCUT2D eigenvalue weighted by Crippen LogP contribution is -2.18. The van der Waals surface area contributed by atoms with E-state index < -0.39 is 0 Å². The van der Waals surface area contributed by atoms with Crippen LogP contribution in [0.5, 0.6) is 0 Å². The van der Waals surface area contributed by atoms with Crippen LogP contribution in [0.4, 0.5) is 5.69 Å². The number of hydrogen-bond acceptors (Lipinski definition) is 4. The van der Waals surface area contributed by atoms with Crippen molar-refractivity contribution in [2.24, 2.45) is 11.7 Å². The fourth-order valence-corrected chi connectivity index (χ4v) is 1.58. The monoisotopic (exact) mass is 245 g/mol. The zero-order valence-corrected chi connectivity index (χ0v) is 10.7. The molecular weight excluding hydrogens is 226 g/mol. The topological polar surface area (TPSA) is 79.6 Å². The van der Waals surface area contributed by atoms with Crippen LogP contribution >= 0.6 is 0 Å². The second-order valence-electron chi connectivity index (χ2n) is 4.63. The molecule has 0 saturated heterocycles. The SMILES string of the molecule is CC(C)[C@@H](N)c1n[nH]c(CNc2ccccc2)n1. The molecule has 1 aromatic carbocycles. The van der Waals surface area contributed by atoms with Gasteiger partial charge in [-0.25, -0.2) is 4.98 Å². The lowest BCUT2D eigenvalue weighted by molar-refractivity contribution is 0.491. The number of aromatic nitrogens is 3. The quantitative estimate of drug-likeness (QED) is 0.753. The number of anilines is 1. The Bertz CT molecular complexity index is 477. The molecule has 5 nitrogen and oxygen atoms in total. The summed E-state index contributed by atoms with van der Waals surface area (Å²) in [5.41, 5.74) is 7.05. The molecule has 4 N–H and O–H groups in total. The van der Waals surface area contributed by atoms with E-state index in [4.69, 9.17) is 5.73 Å². The van der Waals surface area contributed by atoms with Crippen molar-refractivity contribution < 1.29 is 0 Å². The summed E-state index contributed by atoms with van der Waals surface area (Å²) in [6.07, 6.45) is 0. The largest absolute Gasteiger partial charge is 0.378 e. The molecular formula is C13H19N5. The van der Waals surface area contributed by atoms with Gasteiger partial charge < -0.3 is 11.1 Å². The lowest BCUT2D eigenvalue weighted by atomic mass is 10.1. The van der Waals surface area contributed by atoms with Gasteiger partial charge in [-0.05, 0) is 18.1 Å². The van der Waals surface area contributed by atoms with Gasteiger partial charge in [0.2, 0.25) is 0 Å². The summed E-state index contributed by atoms with van der Waals surface area (Å²) in [4.78, 5) is 4.39. The highest BCUT2D eigenvalue weighted by Crippen LogP contribution is 2.14. The number of rotatable bonds is 5. The van der Waals surface area contributed by atoms with Crippen molar-refractivity contribution in [1.29, 1.82) is 0 Å². The van der Waals surface area contributed by atoms with Crippen molar-refractivity contribution in [2.75, 3.05) is 5.32 Å². The Hall–Kier alpha value is -1.88. The van der Waals surface area contributed by atoms with Crippen molar-refractivity contribution in [3.63, 3.8) is 0 Å². The Balaban J connectivity index is 1.95. The Kier molecular flexibility index (Phi) is 3.94. The molecule has 0 amide bonds. The standard InChI is InChI=1S/C13H19N5/c1-9(2)12(14)13-16-11(17-18-13)8-15-10-6-4-3-5-7-10/h3-7,9,12,15H,8,14H2,1-2H3,(H,16,17,18)/t12-/m1/s1. The van der Waals surface area contributed by atoms with Gasteiger partial charge in [0, 0.05) is 5.69 Å². The maximum Gasteiger partial charge on any atom is 0.167 e. The zero-order chi connectivity index (χ0) is 13.0. The third-order valence-corrected chi connectivity index (χ3v) is 2.80. The van der Waals surface area contributed by atoms with Gasteiger partial charge in [-0.2, -0.15) is 5.10 Å². The van der Waals surface area contributed by atoms with Crippen LogP contribution in [-0.4, -0.2) is 15.2 Å². The number of nitrogens with one attached hydrogen (secondary N) is 2. The Morgan fingerprint density at radius 2 is 2.00 bits per heavy atom. The first-order valence-corrected chi connectivity index (χ1v) is 6.12. The van der Waals surface area contributed by atoms with Gasteiger partial charge in [0.1, 0.15) is 5.82 Å². The molecule has 2 aromatic rings. The molecule has 1 heterocycles. The average molecular weight is 245 g/mol. The molecule has 0 spiro atoms. The van der Waals surface area contributed by atoms with E-state index >= 15 is 0 Å². The molecule has 5 heteroatoms. The predicted octanol–water partition coefficient (Wildman–Crippen LogP) is 2.07. The second-order valence-corrected chi connectivity index (χ2v) is 4.63. The summed E-state index contributed by atoms with van der Waals surface area (Å²) in [6, 6.07) is 9.87. The first-order valence-electron chi connectivity index (χ1n) is 6.12. The lowest BCUT2D eigenvalue weighted by Gasteiger charge is -2.10. The van der Waals surface area contributed by atoms with Crippen molar-refractivity contribution in [2.45, 2.75) is 26.4 Å². The Morgan fingerprint density at radius 1 is 1.28 bits per heavy atom. The first kappa shape index (κ1) is 12.6. The van der Waals surface area contributed by atoms with Crippen molar-refractivity contribution in [3.05, 3.63) is 42.0 Å². The summed E-state index contributed by atoms with van der Waals surface area (Å²) in [5, 5.41) is 10.3. The second kappa shape index (κ2) is 5.64. The van der Waals surface area contributed by atoms with E-state index in [-0.39, 0.29) is 6.04 Å². The molecule has 0 saturated carbocycles. The third-order valence-electron chi connectivity index (χ3n) is 2.80. The maximum atomic E-state index is 5.99. The number of H-pyrrole nitrogens is 1. The number of benzene rings is 1. The first-order chi connectivity index (χ1) is 8.66. The van der Waals surface area contributed by atoms with E-state index in [0.717, 1.165) is 11.5 Å². The highest BCUT2D eigenvalue weighted by molar-refractivity contribution is 5.42. The van der Waals surface area contributed by atoms with Gasteiger partial charge in [0.25, 0.3) is 0 Å². The molecule has 2 rings (SSSR count). The van der Waals surface area contributed by atoms with Gasteiger partial charge >= 0.3 is 0 Å². The van der Waals surface area contributed by atoms with Gasteiger partial charge in [-0.3, -0.25) is 5.10 Å². The van der Waals surface area contributed by atoms with Gasteiger partial charge in [0.05, 0.1) is 12.6 Å². The van der Waals surface area contributed by atoms with Crippen molar-refractivity contribution >= 4 is 5.69 Å². The fourth-order valence-electron chi connectivity index (χ4n) is 1.58. The molecule has 0 aliphatic rings. The zero-order valence-electron chi connectivity index (χ0n) is 10.7. The molecule has 96 valence electrons. The summed E-state index contributed by atoms with van der Waals surface area (Å²) >= 11 is 0. The minimum absolute atomic E-state index is 0.119. The van der Waals surface area contributed by atoms with Crippen LogP contribution < -0.4 is 11.1 Å².